The van der Waals surface area contributed by atoms with Crippen molar-refractivity contribution in [1.29, 1.82) is 0 Å². The lowest BCUT2D eigenvalue weighted by Gasteiger charge is -2.22. The lowest BCUT2D eigenvalue weighted by Crippen LogP contribution is -2.36. The number of benzene rings is 1. The molecular formula is C18H21FN4O. The maximum atomic E-state index is 13.6. The molecule has 1 heterocycles. The Morgan fingerprint density at radius 3 is 2.54 bits per heavy atom. The third-order valence-corrected chi connectivity index (χ3v) is 4.25. The van der Waals surface area contributed by atoms with Gasteiger partial charge in [-0.2, -0.15) is 0 Å². The average molecular weight is 328 g/mol. The summed E-state index contributed by atoms with van der Waals surface area (Å²) in [6, 6.07) is 6.80. The van der Waals surface area contributed by atoms with Crippen LogP contribution in [0.2, 0.25) is 0 Å². The molecule has 6 heteroatoms. The zero-order valence-corrected chi connectivity index (χ0v) is 13.5. The normalized spacial score (nSPS) is 15.0. The molecule has 0 spiro atoms. The molecule has 0 radical (unpaired) electrons. The van der Waals surface area contributed by atoms with Crippen molar-refractivity contribution >= 4 is 11.9 Å². The van der Waals surface area contributed by atoms with Crippen molar-refractivity contribution in [1.82, 2.24) is 15.3 Å². The molecule has 1 saturated carbocycles. The fraction of sp³-hybridized carbons (Fsp3) is 0.389. The zero-order valence-electron chi connectivity index (χ0n) is 13.5. The number of halogens is 1. The van der Waals surface area contributed by atoms with Gasteiger partial charge in [-0.15, -0.1) is 0 Å². The number of hydrogen-bond donors (Lipinski definition) is 2. The van der Waals surface area contributed by atoms with E-state index >= 15 is 0 Å². The summed E-state index contributed by atoms with van der Waals surface area (Å²) in [4.78, 5) is 20.5. The van der Waals surface area contributed by atoms with E-state index in [-0.39, 0.29) is 17.8 Å². The number of rotatable bonds is 5. The summed E-state index contributed by atoms with van der Waals surface area (Å²) in [7, 11) is 0. The van der Waals surface area contributed by atoms with E-state index in [0.717, 1.165) is 12.8 Å². The van der Waals surface area contributed by atoms with Gasteiger partial charge < -0.3 is 10.6 Å². The van der Waals surface area contributed by atoms with E-state index < -0.39 is 0 Å². The van der Waals surface area contributed by atoms with Crippen LogP contribution in [0.3, 0.4) is 0 Å². The van der Waals surface area contributed by atoms with E-state index in [1.807, 2.05) is 0 Å². The number of carbonyl (C=O) groups excluding carboxylic acids is 1. The summed E-state index contributed by atoms with van der Waals surface area (Å²) in [6.07, 6.45) is 8.64. The van der Waals surface area contributed by atoms with E-state index in [1.54, 1.807) is 18.2 Å². The molecule has 1 aliphatic rings. The molecule has 1 aromatic carbocycles. The Hall–Kier alpha value is -2.50. The minimum atomic E-state index is -0.270. The number of aromatic nitrogens is 2. The van der Waals surface area contributed by atoms with Gasteiger partial charge in [0.15, 0.2) is 0 Å². The van der Waals surface area contributed by atoms with Gasteiger partial charge >= 0.3 is 0 Å². The number of amides is 1. The first kappa shape index (κ1) is 16.4. The van der Waals surface area contributed by atoms with Crippen LogP contribution in [-0.2, 0) is 6.54 Å². The lowest BCUT2D eigenvalue weighted by atomic mass is 9.95. The zero-order chi connectivity index (χ0) is 16.8. The summed E-state index contributed by atoms with van der Waals surface area (Å²) in [6.45, 7) is 0.292. The summed E-state index contributed by atoms with van der Waals surface area (Å²) in [5, 5.41) is 5.99. The molecule has 0 aliphatic heterocycles. The number of carbonyl (C=O) groups is 1. The molecule has 1 fully saturated rings. The Kier molecular flexibility index (Phi) is 5.36. The highest BCUT2D eigenvalue weighted by Gasteiger charge is 2.17. The van der Waals surface area contributed by atoms with Gasteiger partial charge in [-0.25, -0.2) is 14.4 Å². The van der Waals surface area contributed by atoms with Gasteiger partial charge in [0.05, 0.1) is 5.56 Å². The molecule has 3 rings (SSSR count). The van der Waals surface area contributed by atoms with Crippen molar-refractivity contribution in [3.05, 3.63) is 53.6 Å². The molecule has 2 N–H and O–H groups in total. The van der Waals surface area contributed by atoms with Crippen molar-refractivity contribution in [2.75, 3.05) is 5.32 Å². The van der Waals surface area contributed by atoms with Crippen molar-refractivity contribution in [2.24, 2.45) is 0 Å². The molecular weight excluding hydrogens is 307 g/mol. The van der Waals surface area contributed by atoms with Gasteiger partial charge in [0, 0.05) is 30.5 Å². The van der Waals surface area contributed by atoms with Gasteiger partial charge in [-0.1, -0.05) is 37.5 Å². The molecule has 126 valence electrons. The predicted molar refractivity (Wildman–Crippen MR) is 90.1 cm³/mol. The van der Waals surface area contributed by atoms with Crippen LogP contribution in [0.1, 0.15) is 48.0 Å². The maximum absolute atomic E-state index is 13.6. The molecule has 24 heavy (non-hydrogen) atoms. The quantitative estimate of drug-likeness (QED) is 0.884. The first-order valence-corrected chi connectivity index (χ1v) is 8.32. The number of anilines is 1. The Morgan fingerprint density at radius 1 is 1.12 bits per heavy atom. The Balaban J connectivity index is 1.54. The van der Waals surface area contributed by atoms with Crippen LogP contribution in [0.5, 0.6) is 0 Å². The first-order chi connectivity index (χ1) is 11.7. The molecule has 1 aromatic heterocycles. The Labute approximate surface area is 140 Å². The molecule has 2 aromatic rings. The SMILES string of the molecule is O=C(NC1CCCCC1)c1cnc(NCc2ccccc2F)nc1. The number of nitrogens with one attached hydrogen (secondary N) is 2. The number of nitrogens with zero attached hydrogens (tertiary/aromatic N) is 2. The summed E-state index contributed by atoms with van der Waals surface area (Å²) >= 11 is 0. The Bertz CT molecular complexity index is 684. The molecule has 1 amide bonds. The van der Waals surface area contributed by atoms with Crippen LogP contribution in [0.25, 0.3) is 0 Å². The van der Waals surface area contributed by atoms with Crippen LogP contribution in [0.15, 0.2) is 36.7 Å². The van der Waals surface area contributed by atoms with Gasteiger partial charge in [0.2, 0.25) is 5.95 Å². The van der Waals surface area contributed by atoms with E-state index in [1.165, 1.54) is 37.7 Å². The third-order valence-electron chi connectivity index (χ3n) is 4.25. The first-order valence-electron chi connectivity index (χ1n) is 8.32. The highest BCUT2D eigenvalue weighted by atomic mass is 19.1. The second-order valence-electron chi connectivity index (χ2n) is 6.05. The highest BCUT2D eigenvalue weighted by molar-refractivity contribution is 5.93. The topological polar surface area (TPSA) is 66.9 Å². The van der Waals surface area contributed by atoms with E-state index in [4.69, 9.17) is 0 Å². The average Bonchev–Trinajstić information content (AvgIpc) is 2.62. The molecule has 1 aliphatic carbocycles. The van der Waals surface area contributed by atoms with E-state index in [9.17, 15) is 9.18 Å². The molecule has 0 unspecified atom stereocenters. The minimum Gasteiger partial charge on any atom is -0.350 e. The van der Waals surface area contributed by atoms with Gasteiger partial charge in [-0.05, 0) is 18.9 Å². The smallest absolute Gasteiger partial charge is 0.254 e. The maximum Gasteiger partial charge on any atom is 0.254 e. The van der Waals surface area contributed by atoms with E-state index in [2.05, 4.69) is 20.6 Å². The van der Waals surface area contributed by atoms with Crippen molar-refractivity contribution < 1.29 is 9.18 Å². The fourth-order valence-electron chi connectivity index (χ4n) is 2.87. The van der Waals surface area contributed by atoms with Crippen molar-refractivity contribution in [2.45, 2.75) is 44.7 Å². The van der Waals surface area contributed by atoms with Crippen LogP contribution in [-0.4, -0.2) is 21.9 Å². The second kappa shape index (κ2) is 7.86. The molecule has 0 atom stereocenters. The minimum absolute atomic E-state index is 0.137. The Morgan fingerprint density at radius 2 is 1.83 bits per heavy atom. The van der Waals surface area contributed by atoms with Crippen LogP contribution in [0, 0.1) is 5.82 Å². The molecule has 0 bridgehead atoms. The van der Waals surface area contributed by atoms with Crippen LogP contribution >= 0.6 is 0 Å². The van der Waals surface area contributed by atoms with Crippen LogP contribution < -0.4 is 10.6 Å². The van der Waals surface area contributed by atoms with Gasteiger partial charge in [-0.3, -0.25) is 4.79 Å². The monoisotopic (exact) mass is 328 g/mol. The summed E-state index contributed by atoms with van der Waals surface area (Å²) < 4.78 is 13.6. The van der Waals surface area contributed by atoms with Gasteiger partial charge in [0.1, 0.15) is 5.82 Å². The summed E-state index contributed by atoms with van der Waals surface area (Å²) in [5.41, 5.74) is 0.984. The predicted octanol–water partition coefficient (Wildman–Crippen LogP) is 3.29. The third kappa shape index (κ3) is 4.28. The lowest BCUT2D eigenvalue weighted by molar-refractivity contribution is 0.0927. The standard InChI is InChI=1S/C18H21FN4O/c19-16-9-5-4-6-13(16)10-20-18-21-11-14(12-22-18)17(24)23-15-7-2-1-3-8-15/h4-6,9,11-12,15H,1-3,7-8,10H2,(H,23,24)(H,20,21,22). The highest BCUT2D eigenvalue weighted by Crippen LogP contribution is 2.17. The van der Waals surface area contributed by atoms with E-state index in [0.29, 0.717) is 23.6 Å². The molecule has 5 nitrogen and oxygen atoms in total. The molecule has 0 saturated heterocycles. The second-order valence-corrected chi connectivity index (χ2v) is 6.05. The van der Waals surface area contributed by atoms with Crippen molar-refractivity contribution in [3.8, 4) is 0 Å². The van der Waals surface area contributed by atoms with Crippen molar-refractivity contribution in [3.63, 3.8) is 0 Å². The fourth-order valence-corrected chi connectivity index (χ4v) is 2.87. The largest absolute Gasteiger partial charge is 0.350 e. The van der Waals surface area contributed by atoms with Gasteiger partial charge in [0.25, 0.3) is 5.91 Å². The number of hydrogen-bond acceptors (Lipinski definition) is 4. The van der Waals surface area contributed by atoms with Crippen LogP contribution in [0.4, 0.5) is 10.3 Å². The summed E-state index contributed by atoms with van der Waals surface area (Å²) in [5.74, 6) is -0.0384.